The number of hydrogen-bond acceptors (Lipinski definition) is 6. The Kier molecular flexibility index (Phi) is 13.9. The molecule has 1 aromatic heterocycles. The minimum atomic E-state index is -0.547. The first kappa shape index (κ1) is 31.3. The first-order valence-corrected chi connectivity index (χ1v) is 13.3. The lowest BCUT2D eigenvalue weighted by Crippen LogP contribution is -2.49. The van der Waals surface area contributed by atoms with Gasteiger partial charge in [0, 0.05) is 38.5 Å². The van der Waals surface area contributed by atoms with Crippen molar-refractivity contribution in [2.24, 2.45) is 17.8 Å². The number of carbonyl (C=O) groups is 4. The first-order valence-electron chi connectivity index (χ1n) is 13.3. The summed E-state index contributed by atoms with van der Waals surface area (Å²) < 4.78 is 1.71. The van der Waals surface area contributed by atoms with Crippen molar-refractivity contribution in [1.82, 2.24) is 30.9 Å². The Morgan fingerprint density at radius 3 is 2.14 bits per heavy atom. The zero-order chi connectivity index (χ0) is 27.3. The highest BCUT2D eigenvalue weighted by Crippen LogP contribution is 2.16. The predicted octanol–water partition coefficient (Wildman–Crippen LogP) is 2.41. The number of amides is 3. The van der Waals surface area contributed by atoms with Gasteiger partial charge in [-0.1, -0.05) is 46.8 Å². The molecule has 10 heteroatoms. The quantitative estimate of drug-likeness (QED) is 0.278. The highest BCUT2D eigenvalue weighted by molar-refractivity contribution is 5.90. The van der Waals surface area contributed by atoms with Crippen LogP contribution in [0.3, 0.4) is 0 Å². The van der Waals surface area contributed by atoms with E-state index in [4.69, 9.17) is 0 Å². The summed E-state index contributed by atoms with van der Waals surface area (Å²) in [6.45, 7) is 14.1. The van der Waals surface area contributed by atoms with E-state index in [0.29, 0.717) is 38.8 Å². The number of nitrogens with one attached hydrogen (secondary N) is 3. The van der Waals surface area contributed by atoms with Gasteiger partial charge in [-0.25, -0.2) is 0 Å². The summed E-state index contributed by atoms with van der Waals surface area (Å²) in [7, 11) is 0. The third-order valence-corrected chi connectivity index (χ3v) is 6.27. The molecule has 0 fully saturated rings. The summed E-state index contributed by atoms with van der Waals surface area (Å²) in [5.41, 5.74) is 0.812. The second-order valence-corrected chi connectivity index (χ2v) is 10.1. The van der Waals surface area contributed by atoms with Crippen LogP contribution in [0.2, 0.25) is 0 Å². The van der Waals surface area contributed by atoms with Gasteiger partial charge >= 0.3 is 0 Å². The lowest BCUT2D eigenvalue weighted by Gasteiger charge is -2.25. The molecule has 1 rings (SSSR count). The van der Waals surface area contributed by atoms with Crippen molar-refractivity contribution in [3.63, 3.8) is 0 Å². The molecular formula is C26H46N6O4. The molecule has 10 nitrogen and oxygen atoms in total. The Bertz CT molecular complexity index is 847. The molecule has 1 aromatic rings. The summed E-state index contributed by atoms with van der Waals surface area (Å²) in [5, 5.41) is 16.8. The van der Waals surface area contributed by atoms with Crippen LogP contribution in [0.15, 0.2) is 6.20 Å². The number of ketones is 1. The Hall–Kier alpha value is -2.78. The van der Waals surface area contributed by atoms with Crippen molar-refractivity contribution in [2.75, 3.05) is 6.54 Å². The number of carbonyl (C=O) groups excluding carboxylic acids is 4. The Labute approximate surface area is 215 Å². The normalized spacial score (nSPS) is 13.1. The number of hydrogen-bond donors (Lipinski definition) is 3. The average Bonchev–Trinajstić information content (AvgIpc) is 3.26. The summed E-state index contributed by atoms with van der Waals surface area (Å²) in [6.07, 6.45) is 5.66. The van der Waals surface area contributed by atoms with Crippen molar-refractivity contribution < 1.29 is 19.2 Å². The van der Waals surface area contributed by atoms with Crippen LogP contribution in [0.1, 0.15) is 86.3 Å². The minimum absolute atomic E-state index is 0.00257. The molecule has 0 aliphatic carbocycles. The largest absolute Gasteiger partial charge is 0.354 e. The van der Waals surface area contributed by atoms with Gasteiger partial charge in [0.1, 0.15) is 6.04 Å². The summed E-state index contributed by atoms with van der Waals surface area (Å²) in [5.74, 6) is -0.397. The van der Waals surface area contributed by atoms with Gasteiger partial charge in [-0.3, -0.25) is 23.9 Å². The molecule has 0 aliphatic heterocycles. The second-order valence-electron chi connectivity index (χ2n) is 10.1. The fourth-order valence-electron chi connectivity index (χ4n) is 4.07. The summed E-state index contributed by atoms with van der Waals surface area (Å²) >= 11 is 0. The molecule has 204 valence electrons. The van der Waals surface area contributed by atoms with Crippen molar-refractivity contribution in [2.45, 2.75) is 106 Å². The molecule has 2 atom stereocenters. The smallest absolute Gasteiger partial charge is 0.242 e. The molecule has 0 unspecified atom stereocenters. The average molecular weight is 507 g/mol. The fourth-order valence-corrected chi connectivity index (χ4v) is 4.07. The molecule has 0 aliphatic rings. The van der Waals surface area contributed by atoms with Crippen LogP contribution in [-0.4, -0.2) is 57.1 Å². The van der Waals surface area contributed by atoms with Gasteiger partial charge < -0.3 is 16.0 Å². The molecule has 0 bridgehead atoms. The Morgan fingerprint density at radius 2 is 1.58 bits per heavy atom. The van der Waals surface area contributed by atoms with Crippen molar-refractivity contribution in [3.05, 3.63) is 11.9 Å². The van der Waals surface area contributed by atoms with Gasteiger partial charge in [-0.15, -0.1) is 5.10 Å². The third-order valence-electron chi connectivity index (χ3n) is 6.27. The number of aromatic nitrogens is 3. The SMILES string of the molecule is CCC(CC)C(=O)[C@@H](NC(=O)CCCn1cc(CCCNC(=O)[C@@H](NC(C)=O)C(C)C)nn1)C(C)C. The summed E-state index contributed by atoms with van der Waals surface area (Å²) in [4.78, 5) is 48.8. The molecular weight excluding hydrogens is 460 g/mol. The van der Waals surface area contributed by atoms with Gasteiger partial charge in [-0.2, -0.15) is 0 Å². The first-order chi connectivity index (χ1) is 17.0. The van der Waals surface area contributed by atoms with Crippen LogP contribution in [-0.2, 0) is 32.1 Å². The van der Waals surface area contributed by atoms with Crippen LogP contribution in [0, 0.1) is 17.8 Å². The molecule has 0 spiro atoms. The summed E-state index contributed by atoms with van der Waals surface area (Å²) in [6, 6.07) is -0.996. The molecule has 3 N–H and O–H groups in total. The van der Waals surface area contributed by atoms with E-state index in [-0.39, 0.29) is 41.3 Å². The van der Waals surface area contributed by atoms with Crippen LogP contribution in [0.5, 0.6) is 0 Å². The lowest BCUT2D eigenvalue weighted by atomic mass is 9.88. The number of Topliss-reactive ketones (excluding diaryl/α,β-unsaturated/α-hetero) is 1. The predicted molar refractivity (Wildman–Crippen MR) is 139 cm³/mol. The molecule has 0 aromatic carbocycles. The van der Waals surface area contributed by atoms with Crippen molar-refractivity contribution in [1.29, 1.82) is 0 Å². The van der Waals surface area contributed by atoms with Crippen molar-refractivity contribution >= 4 is 23.5 Å². The molecule has 1 heterocycles. The number of aryl methyl sites for hydroxylation is 2. The van der Waals surface area contributed by atoms with E-state index in [1.54, 1.807) is 4.68 Å². The zero-order valence-electron chi connectivity index (χ0n) is 23.1. The van der Waals surface area contributed by atoms with Crippen LogP contribution in [0.4, 0.5) is 0 Å². The van der Waals surface area contributed by atoms with E-state index in [2.05, 4.69) is 26.3 Å². The lowest BCUT2D eigenvalue weighted by molar-refractivity contribution is -0.131. The molecule has 0 saturated carbocycles. The maximum Gasteiger partial charge on any atom is 0.242 e. The van der Waals surface area contributed by atoms with Gasteiger partial charge in [0.2, 0.25) is 17.7 Å². The standard InChI is InChI=1S/C26H46N6O4/c1-8-20(9-2)25(35)23(17(3)4)29-22(34)13-11-15-32-16-21(30-31-32)12-10-14-27-26(36)24(18(5)6)28-19(7)33/h16-18,20,23-24H,8-15H2,1-7H3,(H,27,36)(H,28,33)(H,29,34)/t23-,24-/m0/s1. The topological polar surface area (TPSA) is 135 Å². The third kappa shape index (κ3) is 10.9. The van der Waals surface area contributed by atoms with E-state index in [0.717, 1.165) is 18.5 Å². The minimum Gasteiger partial charge on any atom is -0.354 e. The van der Waals surface area contributed by atoms with E-state index >= 15 is 0 Å². The number of rotatable bonds is 17. The Balaban J connectivity index is 2.41. The maximum atomic E-state index is 12.8. The van der Waals surface area contributed by atoms with E-state index < -0.39 is 12.1 Å². The maximum absolute atomic E-state index is 12.8. The fraction of sp³-hybridized carbons (Fsp3) is 0.769. The van der Waals surface area contributed by atoms with E-state index in [1.807, 2.05) is 47.7 Å². The van der Waals surface area contributed by atoms with Gasteiger partial charge in [-0.05, 0) is 43.9 Å². The van der Waals surface area contributed by atoms with Gasteiger partial charge in [0.15, 0.2) is 5.78 Å². The zero-order valence-corrected chi connectivity index (χ0v) is 23.1. The second kappa shape index (κ2) is 16.1. The van der Waals surface area contributed by atoms with E-state index in [1.165, 1.54) is 6.92 Å². The number of nitrogens with zero attached hydrogens (tertiary/aromatic N) is 3. The van der Waals surface area contributed by atoms with Crippen LogP contribution < -0.4 is 16.0 Å². The molecule has 3 amide bonds. The molecule has 36 heavy (non-hydrogen) atoms. The molecule has 0 radical (unpaired) electrons. The monoisotopic (exact) mass is 506 g/mol. The highest BCUT2D eigenvalue weighted by Gasteiger charge is 2.28. The van der Waals surface area contributed by atoms with Gasteiger partial charge in [0.05, 0.1) is 11.7 Å². The highest BCUT2D eigenvalue weighted by atomic mass is 16.2. The van der Waals surface area contributed by atoms with Crippen LogP contribution >= 0.6 is 0 Å². The van der Waals surface area contributed by atoms with Gasteiger partial charge in [0.25, 0.3) is 0 Å². The van der Waals surface area contributed by atoms with Crippen molar-refractivity contribution in [3.8, 4) is 0 Å². The molecule has 0 saturated heterocycles. The Morgan fingerprint density at radius 1 is 0.944 bits per heavy atom. The van der Waals surface area contributed by atoms with E-state index in [9.17, 15) is 19.2 Å². The van der Waals surface area contributed by atoms with Crippen LogP contribution in [0.25, 0.3) is 0 Å².